The maximum absolute atomic E-state index is 13.4. The molecule has 0 spiro atoms. The van der Waals surface area contributed by atoms with Gasteiger partial charge in [-0.15, -0.1) is 0 Å². The van der Waals surface area contributed by atoms with Gasteiger partial charge in [0, 0.05) is 0 Å². The fourth-order valence-corrected chi connectivity index (χ4v) is 12.6. The van der Waals surface area contributed by atoms with Gasteiger partial charge in [0.15, 0.2) is 0 Å². The minimum Gasteiger partial charge on any atom is -1.00 e. The van der Waals surface area contributed by atoms with E-state index in [2.05, 4.69) is 81.9 Å². The van der Waals surface area contributed by atoms with Crippen molar-refractivity contribution in [3.63, 3.8) is 0 Å². The van der Waals surface area contributed by atoms with Gasteiger partial charge in [-0.2, -0.15) is 0 Å². The van der Waals surface area contributed by atoms with Crippen molar-refractivity contribution >= 4 is 12.6 Å². The first kappa shape index (κ1) is 26.7. The van der Waals surface area contributed by atoms with Crippen LogP contribution in [0.25, 0.3) is 0 Å². The summed E-state index contributed by atoms with van der Waals surface area (Å²) in [5.41, 5.74) is 4.66. The Labute approximate surface area is 185 Å². The molecule has 0 heterocycles. The molecule has 0 saturated heterocycles. The Kier molecular flexibility index (Phi) is 11.5. The summed E-state index contributed by atoms with van der Waals surface area (Å²) in [5, 5.41) is 0. The van der Waals surface area contributed by atoms with Crippen LogP contribution < -0.4 is 28.6 Å². The average Bonchev–Trinajstić information content (AvgIpc) is 2.97. The van der Waals surface area contributed by atoms with E-state index < -0.39 is 24.0 Å². The first-order chi connectivity index (χ1) is 11.7. The molecule has 1 aromatic carbocycles. The number of carbonyl (C=O) groups excluding carboxylic acids is 1. The number of nitrogens with one attached hydrogen (secondary N) is 1. The third-order valence-electron chi connectivity index (χ3n) is 4.82. The maximum Gasteiger partial charge on any atom is -1.00 e. The van der Waals surface area contributed by atoms with Crippen LogP contribution in [0.15, 0.2) is 39.8 Å². The smallest absolute Gasteiger partial charge is 1.00 e. The number of carbonyl (C=O) groups is 1. The average molecular weight is 461 g/mol. The molecule has 2 nitrogen and oxygen atoms in total. The number of amides is 1. The van der Waals surface area contributed by atoms with Crippen molar-refractivity contribution in [2.45, 2.75) is 66.0 Å². The zero-order valence-corrected chi connectivity index (χ0v) is 21.7. The van der Waals surface area contributed by atoms with Crippen molar-refractivity contribution in [2.24, 2.45) is 0 Å². The van der Waals surface area contributed by atoms with Crippen molar-refractivity contribution in [1.82, 2.24) is 3.80 Å². The quantitative estimate of drug-likeness (QED) is 0.565. The molecule has 0 fully saturated rings. The summed E-state index contributed by atoms with van der Waals surface area (Å²) in [6.45, 7) is 14.8. The minimum atomic E-state index is -1.70. The molecule has 27 heavy (non-hydrogen) atoms. The fraction of sp³-hybridized carbons (Fsp3) is 0.476. The zero-order chi connectivity index (χ0) is 18.7. The zero-order valence-electron chi connectivity index (χ0n) is 17.5. The molecular formula is C21H32Cl2NOSiTi. The predicted octanol–water partition coefficient (Wildman–Crippen LogP) is -0.578. The summed E-state index contributed by atoms with van der Waals surface area (Å²) in [6, 6.07) is 6.35. The summed E-state index contributed by atoms with van der Waals surface area (Å²) in [6.07, 6.45) is 5.68. The fourth-order valence-electron chi connectivity index (χ4n) is 3.44. The van der Waals surface area contributed by atoms with Crippen LogP contribution in [0, 0.1) is 0 Å². The molecule has 1 N–H and O–H groups in total. The Morgan fingerprint density at radius 3 is 1.96 bits per heavy atom. The second-order valence-corrected chi connectivity index (χ2v) is 20.7. The molecule has 0 unspecified atom stereocenters. The van der Waals surface area contributed by atoms with Crippen molar-refractivity contribution in [2.75, 3.05) is 0 Å². The van der Waals surface area contributed by atoms with Crippen LogP contribution >= 0.6 is 0 Å². The summed E-state index contributed by atoms with van der Waals surface area (Å²) >= 11 is -1.70. The van der Waals surface area contributed by atoms with Gasteiger partial charge in [0.25, 0.3) is 0 Å². The van der Waals surface area contributed by atoms with Crippen LogP contribution in [-0.2, 0) is 17.4 Å². The van der Waals surface area contributed by atoms with Crippen LogP contribution in [0.1, 0.15) is 74.4 Å². The van der Waals surface area contributed by atoms with Gasteiger partial charge in [0.05, 0.1) is 0 Å². The monoisotopic (exact) mass is 460 g/mol. The van der Waals surface area contributed by atoms with Gasteiger partial charge >= 0.3 is 161 Å². The SMILES string of the molecule is CC1=CC[C]([Ti+2]([NH]C(=O)c2c(C(C)C)cccc2C(C)C)[SiH](C)C)=C1.[Cl-].[Cl-]. The van der Waals surface area contributed by atoms with Crippen molar-refractivity contribution in [1.29, 1.82) is 0 Å². The molecule has 0 aliphatic heterocycles. The van der Waals surface area contributed by atoms with Gasteiger partial charge in [0.1, 0.15) is 0 Å². The Morgan fingerprint density at radius 2 is 1.59 bits per heavy atom. The first-order valence-corrected chi connectivity index (χ1v) is 16.6. The van der Waals surface area contributed by atoms with E-state index in [4.69, 9.17) is 0 Å². The van der Waals surface area contributed by atoms with Crippen LogP contribution in [0.2, 0.25) is 13.1 Å². The van der Waals surface area contributed by atoms with E-state index in [1.165, 1.54) is 16.7 Å². The Balaban J connectivity index is 0.00000338. The maximum atomic E-state index is 13.4. The van der Waals surface area contributed by atoms with Gasteiger partial charge < -0.3 is 24.8 Å². The number of benzene rings is 1. The van der Waals surface area contributed by atoms with Gasteiger partial charge in [0.2, 0.25) is 0 Å². The van der Waals surface area contributed by atoms with Crippen LogP contribution in [0.3, 0.4) is 0 Å². The minimum absolute atomic E-state index is 0. The molecule has 0 aromatic heterocycles. The third-order valence-corrected chi connectivity index (χ3v) is 15.9. The Hall–Kier alpha value is -0.319. The van der Waals surface area contributed by atoms with Crippen LogP contribution in [-0.4, -0.2) is 12.6 Å². The summed E-state index contributed by atoms with van der Waals surface area (Å²) in [7, 11) is 0. The van der Waals surface area contributed by atoms with Crippen molar-refractivity contribution < 1.29 is 47.0 Å². The molecule has 1 aromatic rings. The molecule has 6 heteroatoms. The molecule has 1 amide bonds. The first-order valence-electron chi connectivity index (χ1n) is 9.41. The Bertz CT molecular complexity index is 688. The third kappa shape index (κ3) is 6.61. The van der Waals surface area contributed by atoms with E-state index in [9.17, 15) is 4.79 Å². The van der Waals surface area contributed by atoms with Gasteiger partial charge in [-0.3, -0.25) is 0 Å². The summed E-state index contributed by atoms with van der Waals surface area (Å²) in [4.78, 5) is 13.4. The molecule has 149 valence electrons. The largest absolute Gasteiger partial charge is 1.00 e. The van der Waals surface area contributed by atoms with Crippen LogP contribution in [0.5, 0.6) is 0 Å². The molecule has 0 saturated carbocycles. The number of rotatable bonds is 6. The van der Waals surface area contributed by atoms with E-state index in [1.807, 2.05) is 0 Å². The van der Waals surface area contributed by atoms with E-state index >= 15 is 0 Å². The molecule has 0 radical (unpaired) electrons. The predicted molar refractivity (Wildman–Crippen MR) is 107 cm³/mol. The molecule has 0 atom stereocenters. The van der Waals surface area contributed by atoms with E-state index in [0.717, 1.165) is 12.0 Å². The van der Waals surface area contributed by atoms with Gasteiger partial charge in [-0.1, -0.05) is 0 Å². The summed E-state index contributed by atoms with van der Waals surface area (Å²) in [5.74, 6) is 0.886. The summed E-state index contributed by atoms with van der Waals surface area (Å²) < 4.78 is 5.12. The van der Waals surface area contributed by atoms with Gasteiger partial charge in [-0.25, -0.2) is 0 Å². The Morgan fingerprint density at radius 1 is 1.07 bits per heavy atom. The normalized spacial score (nSPS) is 13.1. The van der Waals surface area contributed by atoms with Crippen LogP contribution in [0.4, 0.5) is 0 Å². The van der Waals surface area contributed by atoms with Gasteiger partial charge in [-0.05, 0) is 0 Å². The molecule has 2 rings (SSSR count). The number of allylic oxidation sites excluding steroid dienone is 4. The molecular weight excluding hydrogens is 429 g/mol. The molecule has 0 bridgehead atoms. The number of hydrogen-bond donors (Lipinski definition) is 1. The van der Waals surface area contributed by atoms with Crippen molar-refractivity contribution in [3.05, 3.63) is 56.5 Å². The number of halogens is 2. The van der Waals surface area contributed by atoms with E-state index in [1.54, 1.807) is 3.88 Å². The molecule has 1 aliphatic rings. The molecule has 1 aliphatic carbocycles. The second-order valence-electron chi connectivity index (χ2n) is 7.97. The standard InChI is InChI=1S/C13H19NO.C6H7.C2H7Si.2ClH.Ti/c1-8(2)10-6-5-7-11(9(3)4)12(10)13(14)15;1-6-4-2-3-5-6;1-3-2;;;/h5-9H,1-4H3,(H2,14,15);4-5H,2H2,1H3;3H,1-2H3;2*1H;/q;;;;;+3/p-3. The number of hydrogen-bond acceptors (Lipinski definition) is 1. The van der Waals surface area contributed by atoms with E-state index in [0.29, 0.717) is 11.8 Å². The second kappa shape index (κ2) is 11.6. The van der Waals surface area contributed by atoms with Crippen molar-refractivity contribution in [3.8, 4) is 0 Å². The topological polar surface area (TPSA) is 29.1 Å². The van der Waals surface area contributed by atoms with E-state index in [-0.39, 0.29) is 30.7 Å².